The van der Waals surface area contributed by atoms with Gasteiger partial charge in [0, 0.05) is 23.2 Å². The Morgan fingerprint density at radius 2 is 1.87 bits per heavy atom. The van der Waals surface area contributed by atoms with Crippen molar-refractivity contribution in [2.45, 2.75) is 13.5 Å². The number of amides is 1. The number of carbonyl (C=O) groups excluding carboxylic acids is 1. The first-order valence-corrected chi connectivity index (χ1v) is 9.13. The number of rotatable bonds is 6. The van der Waals surface area contributed by atoms with E-state index in [2.05, 4.69) is 25.5 Å². The smallest absolute Gasteiger partial charge is 0.337 e. The third-order valence-electron chi connectivity index (χ3n) is 4.70. The highest BCUT2D eigenvalue weighted by molar-refractivity contribution is 6.07. The maximum absolute atomic E-state index is 11.8. The average molecular weight is 402 g/mol. The standard InChI is InChI=1S/C21H18N6O3/c1-11-15(13-8-5-9-14(21(29)30)16(13)24-11)19-25-20(17(18(22)28)26-27-19)23-10-12-6-3-2-4-7-12/h2-9,24H,10H2,1H3,(H2,22,28)(H,29,30)(H,23,25,27). The Hall–Kier alpha value is -4.27. The summed E-state index contributed by atoms with van der Waals surface area (Å²) in [6, 6.07) is 14.6. The maximum Gasteiger partial charge on any atom is 0.337 e. The third kappa shape index (κ3) is 3.44. The van der Waals surface area contributed by atoms with Gasteiger partial charge in [-0.15, -0.1) is 10.2 Å². The van der Waals surface area contributed by atoms with Gasteiger partial charge in [-0.1, -0.05) is 42.5 Å². The van der Waals surface area contributed by atoms with Gasteiger partial charge in [0.2, 0.25) is 0 Å². The van der Waals surface area contributed by atoms with E-state index in [1.54, 1.807) is 19.1 Å². The summed E-state index contributed by atoms with van der Waals surface area (Å²) in [5.41, 5.74) is 8.26. The van der Waals surface area contributed by atoms with Crippen molar-refractivity contribution < 1.29 is 14.7 Å². The van der Waals surface area contributed by atoms with Gasteiger partial charge in [-0.2, -0.15) is 0 Å². The van der Waals surface area contributed by atoms with E-state index < -0.39 is 11.9 Å². The monoisotopic (exact) mass is 402 g/mol. The van der Waals surface area contributed by atoms with E-state index in [0.717, 1.165) is 5.56 Å². The fourth-order valence-electron chi connectivity index (χ4n) is 3.32. The molecule has 0 spiro atoms. The topological polar surface area (TPSA) is 147 Å². The van der Waals surface area contributed by atoms with Crippen LogP contribution in [0.5, 0.6) is 0 Å². The van der Waals surface area contributed by atoms with E-state index in [9.17, 15) is 14.7 Å². The number of aromatic nitrogens is 4. The zero-order valence-electron chi connectivity index (χ0n) is 16.0. The van der Waals surface area contributed by atoms with Gasteiger partial charge in [0.25, 0.3) is 5.91 Å². The van der Waals surface area contributed by atoms with Crippen molar-refractivity contribution in [2.24, 2.45) is 5.73 Å². The van der Waals surface area contributed by atoms with Crippen molar-refractivity contribution in [2.75, 3.05) is 5.32 Å². The number of nitrogens with two attached hydrogens (primary N) is 1. The van der Waals surface area contributed by atoms with E-state index >= 15 is 0 Å². The van der Waals surface area contributed by atoms with E-state index in [1.807, 2.05) is 30.3 Å². The van der Waals surface area contributed by atoms with Crippen LogP contribution in [0.2, 0.25) is 0 Å². The minimum atomic E-state index is -1.04. The molecule has 2 aromatic carbocycles. The molecule has 4 aromatic rings. The van der Waals surface area contributed by atoms with Crippen molar-refractivity contribution in [1.82, 2.24) is 20.2 Å². The van der Waals surface area contributed by atoms with Crippen LogP contribution in [0.1, 0.15) is 32.1 Å². The lowest BCUT2D eigenvalue weighted by Gasteiger charge is -2.10. The Balaban J connectivity index is 1.80. The second-order valence-corrected chi connectivity index (χ2v) is 6.69. The zero-order valence-corrected chi connectivity index (χ0v) is 16.0. The van der Waals surface area contributed by atoms with Crippen LogP contribution in [0.4, 0.5) is 5.82 Å². The molecule has 4 rings (SSSR count). The number of nitrogens with zero attached hydrogens (tertiary/aromatic N) is 3. The molecular formula is C21H18N6O3. The highest BCUT2D eigenvalue weighted by atomic mass is 16.4. The fraction of sp³-hybridized carbons (Fsp3) is 0.0952. The van der Waals surface area contributed by atoms with Gasteiger partial charge in [0.05, 0.1) is 11.1 Å². The number of aromatic carboxylic acids is 1. The predicted molar refractivity (Wildman–Crippen MR) is 111 cm³/mol. The van der Waals surface area contributed by atoms with E-state index in [0.29, 0.717) is 28.7 Å². The Morgan fingerprint density at radius 1 is 1.10 bits per heavy atom. The number of fused-ring (bicyclic) bond motifs is 1. The van der Waals surface area contributed by atoms with Crippen molar-refractivity contribution in [1.29, 1.82) is 0 Å². The van der Waals surface area contributed by atoms with Crippen molar-refractivity contribution in [3.05, 3.63) is 71.0 Å². The number of hydrogen-bond acceptors (Lipinski definition) is 6. The number of hydrogen-bond donors (Lipinski definition) is 4. The molecule has 0 aliphatic carbocycles. The van der Waals surface area contributed by atoms with Crippen molar-refractivity contribution in [3.63, 3.8) is 0 Å². The summed E-state index contributed by atoms with van der Waals surface area (Å²) in [4.78, 5) is 30.9. The number of anilines is 1. The lowest BCUT2D eigenvalue weighted by molar-refractivity contribution is 0.0698. The van der Waals surface area contributed by atoms with Gasteiger partial charge < -0.3 is 21.1 Å². The molecular weight excluding hydrogens is 384 g/mol. The number of primary amides is 1. The van der Waals surface area contributed by atoms with Crippen LogP contribution in [0, 0.1) is 6.92 Å². The SMILES string of the molecule is Cc1[nH]c2c(C(=O)O)cccc2c1-c1nnc(C(N)=O)c(NCc2ccccc2)n1. The molecule has 0 aliphatic heterocycles. The van der Waals surface area contributed by atoms with Gasteiger partial charge in [-0.05, 0) is 18.6 Å². The zero-order chi connectivity index (χ0) is 21.3. The molecule has 2 aromatic heterocycles. The van der Waals surface area contributed by atoms with Crippen molar-refractivity contribution >= 4 is 28.6 Å². The number of carboxylic acids is 1. The molecule has 0 atom stereocenters. The maximum atomic E-state index is 11.8. The number of H-pyrrole nitrogens is 1. The normalized spacial score (nSPS) is 10.8. The second kappa shape index (κ2) is 7.63. The molecule has 0 saturated carbocycles. The molecule has 0 unspecified atom stereocenters. The van der Waals surface area contributed by atoms with E-state index in [4.69, 9.17) is 5.73 Å². The molecule has 9 heteroatoms. The van der Waals surface area contributed by atoms with Crippen LogP contribution in [0.3, 0.4) is 0 Å². The molecule has 30 heavy (non-hydrogen) atoms. The molecule has 2 heterocycles. The summed E-state index contributed by atoms with van der Waals surface area (Å²) >= 11 is 0. The number of nitrogens with one attached hydrogen (secondary N) is 2. The van der Waals surface area contributed by atoms with E-state index in [1.165, 1.54) is 6.07 Å². The highest BCUT2D eigenvalue weighted by Gasteiger charge is 2.21. The molecule has 0 fully saturated rings. The number of benzene rings is 2. The molecule has 150 valence electrons. The van der Waals surface area contributed by atoms with Crippen LogP contribution < -0.4 is 11.1 Å². The van der Waals surface area contributed by atoms with Crippen LogP contribution in [-0.2, 0) is 6.54 Å². The lowest BCUT2D eigenvalue weighted by Crippen LogP contribution is -2.19. The second-order valence-electron chi connectivity index (χ2n) is 6.69. The fourth-order valence-corrected chi connectivity index (χ4v) is 3.32. The van der Waals surface area contributed by atoms with Crippen LogP contribution in [0.15, 0.2) is 48.5 Å². The van der Waals surface area contributed by atoms with Gasteiger partial charge in [-0.25, -0.2) is 9.78 Å². The van der Waals surface area contributed by atoms with Gasteiger partial charge in [0.1, 0.15) is 0 Å². The summed E-state index contributed by atoms with van der Waals surface area (Å²) in [6.45, 7) is 2.21. The van der Waals surface area contributed by atoms with Gasteiger partial charge >= 0.3 is 5.97 Å². The lowest BCUT2D eigenvalue weighted by atomic mass is 10.1. The Labute approximate surface area is 171 Å². The van der Waals surface area contributed by atoms with Crippen LogP contribution >= 0.6 is 0 Å². The minimum Gasteiger partial charge on any atom is -0.478 e. The molecule has 9 nitrogen and oxygen atoms in total. The highest BCUT2D eigenvalue weighted by Crippen LogP contribution is 2.32. The summed E-state index contributed by atoms with van der Waals surface area (Å²) in [6.07, 6.45) is 0. The van der Waals surface area contributed by atoms with E-state index in [-0.39, 0.29) is 22.9 Å². The van der Waals surface area contributed by atoms with Crippen LogP contribution in [0.25, 0.3) is 22.3 Å². The first-order chi connectivity index (χ1) is 14.5. The predicted octanol–water partition coefficient (Wildman–Crippen LogP) is 2.74. The molecule has 5 N–H and O–H groups in total. The average Bonchev–Trinajstić information content (AvgIpc) is 3.08. The molecule has 0 bridgehead atoms. The van der Waals surface area contributed by atoms with Crippen molar-refractivity contribution in [3.8, 4) is 11.4 Å². The van der Waals surface area contributed by atoms with Crippen LogP contribution in [-0.4, -0.2) is 37.1 Å². The Morgan fingerprint density at radius 3 is 2.57 bits per heavy atom. The molecule has 0 radical (unpaired) electrons. The molecule has 1 amide bonds. The third-order valence-corrected chi connectivity index (χ3v) is 4.70. The summed E-state index contributed by atoms with van der Waals surface area (Å²) in [7, 11) is 0. The van der Waals surface area contributed by atoms with Gasteiger partial charge in [0.15, 0.2) is 17.3 Å². The Kier molecular flexibility index (Phi) is 4.85. The number of aromatic amines is 1. The Bertz CT molecular complexity index is 1270. The first kappa shape index (κ1) is 19.1. The number of aryl methyl sites for hydroxylation is 1. The number of carboxylic acid groups (broad SMARTS) is 1. The summed E-state index contributed by atoms with van der Waals surface area (Å²) < 4.78 is 0. The largest absolute Gasteiger partial charge is 0.478 e. The summed E-state index contributed by atoms with van der Waals surface area (Å²) in [5.74, 6) is -1.33. The number of carbonyl (C=O) groups is 2. The molecule has 0 aliphatic rings. The first-order valence-electron chi connectivity index (χ1n) is 9.13. The minimum absolute atomic E-state index is 0.0709. The summed E-state index contributed by atoms with van der Waals surface area (Å²) in [5, 5.41) is 21.2. The number of para-hydroxylation sites is 1. The van der Waals surface area contributed by atoms with Gasteiger partial charge in [-0.3, -0.25) is 4.79 Å². The molecule has 0 saturated heterocycles. The quantitative estimate of drug-likeness (QED) is 0.388.